The average Bonchev–Trinajstić information content (AvgIpc) is 2.27. The number of piperidine rings is 1. The number of terminal acetylenes is 1. The zero-order chi connectivity index (χ0) is 11.1. The van der Waals surface area contributed by atoms with E-state index in [1.54, 1.807) is 0 Å². The van der Waals surface area contributed by atoms with E-state index in [9.17, 15) is 4.79 Å². The van der Waals surface area contributed by atoms with Gasteiger partial charge in [0.25, 0.3) is 0 Å². The second-order valence-corrected chi connectivity index (χ2v) is 4.17. The largest absolute Gasteiger partial charge is 0.345 e. The van der Waals surface area contributed by atoms with Crippen LogP contribution in [0, 0.1) is 17.8 Å². The highest BCUT2D eigenvalue weighted by Gasteiger charge is 2.38. The lowest BCUT2D eigenvalue weighted by atomic mass is 9.74. The minimum Gasteiger partial charge on any atom is -0.345 e. The smallest absolute Gasteiger partial charge is 0.227 e. The van der Waals surface area contributed by atoms with Crippen molar-refractivity contribution in [3.8, 4) is 12.3 Å². The number of nitrogens with one attached hydrogen (secondary N) is 2. The summed E-state index contributed by atoms with van der Waals surface area (Å²) in [4.78, 5) is 12.0. The van der Waals surface area contributed by atoms with E-state index in [-0.39, 0.29) is 11.3 Å². The molecule has 0 unspecified atom stereocenters. The molecule has 2 N–H and O–H groups in total. The third kappa shape index (κ3) is 2.97. The quantitative estimate of drug-likeness (QED) is 0.674. The van der Waals surface area contributed by atoms with Gasteiger partial charge in [0.05, 0.1) is 12.0 Å². The fourth-order valence-corrected chi connectivity index (χ4v) is 2.29. The molecule has 1 aliphatic heterocycles. The normalized spacial score (nSPS) is 19.2. The molecule has 1 rings (SSSR count). The Morgan fingerprint density at radius 1 is 1.53 bits per heavy atom. The van der Waals surface area contributed by atoms with E-state index < -0.39 is 0 Å². The molecular formula is C12H20N2O. The molecule has 1 heterocycles. The van der Waals surface area contributed by atoms with Crippen molar-refractivity contribution in [1.29, 1.82) is 0 Å². The Morgan fingerprint density at radius 2 is 2.20 bits per heavy atom. The van der Waals surface area contributed by atoms with Gasteiger partial charge in [0.1, 0.15) is 0 Å². The zero-order valence-corrected chi connectivity index (χ0v) is 9.44. The van der Waals surface area contributed by atoms with Crippen LogP contribution in [-0.2, 0) is 4.79 Å². The summed E-state index contributed by atoms with van der Waals surface area (Å²) in [6.07, 6.45) is 9.01. The highest BCUT2D eigenvalue weighted by molar-refractivity contribution is 5.83. The van der Waals surface area contributed by atoms with Crippen molar-refractivity contribution in [2.75, 3.05) is 19.6 Å². The summed E-state index contributed by atoms with van der Waals surface area (Å²) < 4.78 is 0. The van der Waals surface area contributed by atoms with Crippen LogP contribution in [0.5, 0.6) is 0 Å². The van der Waals surface area contributed by atoms with Crippen molar-refractivity contribution >= 4 is 5.91 Å². The van der Waals surface area contributed by atoms with Gasteiger partial charge < -0.3 is 10.6 Å². The van der Waals surface area contributed by atoms with E-state index in [1.165, 1.54) is 0 Å². The highest BCUT2D eigenvalue weighted by Crippen LogP contribution is 2.34. The van der Waals surface area contributed by atoms with E-state index in [2.05, 4.69) is 23.5 Å². The molecule has 0 radical (unpaired) electrons. The SMILES string of the molecule is C#CCNC(=O)C1(CCC)CCNCC1. The summed E-state index contributed by atoms with van der Waals surface area (Å²) in [7, 11) is 0. The van der Waals surface area contributed by atoms with E-state index in [1.807, 2.05) is 0 Å². The Labute approximate surface area is 92.0 Å². The fraction of sp³-hybridized carbons (Fsp3) is 0.750. The lowest BCUT2D eigenvalue weighted by Crippen LogP contribution is -2.47. The van der Waals surface area contributed by atoms with Crippen molar-refractivity contribution < 1.29 is 4.79 Å². The van der Waals surface area contributed by atoms with Gasteiger partial charge in [-0.1, -0.05) is 19.3 Å². The van der Waals surface area contributed by atoms with Crippen LogP contribution in [0.15, 0.2) is 0 Å². The van der Waals surface area contributed by atoms with Crippen LogP contribution in [0.25, 0.3) is 0 Å². The van der Waals surface area contributed by atoms with Crippen LogP contribution in [0.1, 0.15) is 32.6 Å². The van der Waals surface area contributed by atoms with Gasteiger partial charge in [0.2, 0.25) is 5.91 Å². The minimum atomic E-state index is -0.170. The summed E-state index contributed by atoms with van der Waals surface area (Å²) >= 11 is 0. The molecule has 0 aliphatic carbocycles. The lowest BCUT2D eigenvalue weighted by molar-refractivity contribution is -0.132. The van der Waals surface area contributed by atoms with Gasteiger partial charge in [-0.15, -0.1) is 6.42 Å². The second-order valence-electron chi connectivity index (χ2n) is 4.17. The monoisotopic (exact) mass is 208 g/mol. The van der Waals surface area contributed by atoms with Gasteiger partial charge in [-0.2, -0.15) is 0 Å². The van der Waals surface area contributed by atoms with Gasteiger partial charge in [-0.3, -0.25) is 4.79 Å². The van der Waals surface area contributed by atoms with Crippen molar-refractivity contribution in [1.82, 2.24) is 10.6 Å². The molecule has 15 heavy (non-hydrogen) atoms. The Balaban J connectivity index is 2.62. The Kier molecular flexibility index (Phi) is 4.64. The number of amides is 1. The van der Waals surface area contributed by atoms with Gasteiger partial charge in [0, 0.05) is 0 Å². The van der Waals surface area contributed by atoms with Crippen molar-refractivity contribution in [3.63, 3.8) is 0 Å². The van der Waals surface area contributed by atoms with E-state index >= 15 is 0 Å². The molecule has 1 aliphatic rings. The maximum Gasteiger partial charge on any atom is 0.227 e. The molecule has 0 atom stereocenters. The van der Waals surface area contributed by atoms with Gasteiger partial charge >= 0.3 is 0 Å². The van der Waals surface area contributed by atoms with E-state index in [0.29, 0.717) is 6.54 Å². The summed E-state index contributed by atoms with van der Waals surface area (Å²) in [5, 5.41) is 6.11. The van der Waals surface area contributed by atoms with Gasteiger partial charge in [-0.25, -0.2) is 0 Å². The van der Waals surface area contributed by atoms with Gasteiger partial charge in [-0.05, 0) is 32.4 Å². The van der Waals surface area contributed by atoms with E-state index in [4.69, 9.17) is 6.42 Å². The Bertz CT molecular complexity index is 243. The first-order chi connectivity index (χ1) is 7.25. The van der Waals surface area contributed by atoms with Crippen LogP contribution in [-0.4, -0.2) is 25.5 Å². The lowest BCUT2D eigenvalue weighted by Gasteiger charge is -2.35. The van der Waals surface area contributed by atoms with Crippen LogP contribution >= 0.6 is 0 Å². The van der Waals surface area contributed by atoms with Crippen LogP contribution in [0.3, 0.4) is 0 Å². The first-order valence-corrected chi connectivity index (χ1v) is 5.67. The first-order valence-electron chi connectivity index (χ1n) is 5.67. The molecule has 3 nitrogen and oxygen atoms in total. The third-order valence-corrected chi connectivity index (χ3v) is 3.12. The predicted octanol–water partition coefficient (Wildman–Crippen LogP) is 0.906. The molecule has 1 amide bonds. The molecule has 0 aromatic carbocycles. The average molecular weight is 208 g/mol. The maximum atomic E-state index is 12.0. The summed E-state index contributed by atoms with van der Waals surface area (Å²) in [5.74, 6) is 2.59. The predicted molar refractivity (Wildman–Crippen MR) is 61.3 cm³/mol. The molecule has 84 valence electrons. The molecule has 0 spiro atoms. The van der Waals surface area contributed by atoms with E-state index in [0.717, 1.165) is 38.8 Å². The Morgan fingerprint density at radius 3 is 2.73 bits per heavy atom. The first kappa shape index (κ1) is 12.1. The van der Waals surface area contributed by atoms with Crippen LogP contribution in [0.2, 0.25) is 0 Å². The fourth-order valence-electron chi connectivity index (χ4n) is 2.29. The van der Waals surface area contributed by atoms with Crippen LogP contribution < -0.4 is 10.6 Å². The number of carbonyl (C=O) groups is 1. The number of hydrogen-bond donors (Lipinski definition) is 2. The molecule has 0 aromatic heterocycles. The summed E-state index contributed by atoms with van der Waals surface area (Å²) in [6, 6.07) is 0. The van der Waals surface area contributed by atoms with Crippen molar-refractivity contribution in [2.24, 2.45) is 5.41 Å². The standard InChI is InChI=1S/C12H20N2O/c1-3-5-12(6-9-13-10-7-12)11(15)14-8-4-2/h2,13H,3,5-10H2,1H3,(H,14,15). The van der Waals surface area contributed by atoms with Crippen molar-refractivity contribution in [3.05, 3.63) is 0 Å². The molecule has 1 saturated heterocycles. The highest BCUT2D eigenvalue weighted by atomic mass is 16.2. The van der Waals surface area contributed by atoms with Crippen molar-refractivity contribution in [2.45, 2.75) is 32.6 Å². The summed E-state index contributed by atoms with van der Waals surface area (Å²) in [5.41, 5.74) is -0.170. The molecule has 0 bridgehead atoms. The molecule has 0 saturated carbocycles. The van der Waals surface area contributed by atoms with Crippen LogP contribution in [0.4, 0.5) is 0 Å². The second kappa shape index (κ2) is 5.77. The number of rotatable bonds is 4. The maximum absolute atomic E-state index is 12.0. The summed E-state index contributed by atoms with van der Waals surface area (Å²) in [6.45, 7) is 4.34. The Hall–Kier alpha value is -1.01. The molecular weight excluding hydrogens is 188 g/mol. The molecule has 0 aromatic rings. The zero-order valence-electron chi connectivity index (χ0n) is 9.44. The topological polar surface area (TPSA) is 41.1 Å². The van der Waals surface area contributed by atoms with Gasteiger partial charge in [0.15, 0.2) is 0 Å². The number of carbonyl (C=O) groups excluding carboxylic acids is 1. The molecule has 3 heteroatoms. The number of hydrogen-bond acceptors (Lipinski definition) is 2. The third-order valence-electron chi connectivity index (χ3n) is 3.12. The molecule has 1 fully saturated rings. The minimum absolute atomic E-state index is 0.142.